The van der Waals surface area contributed by atoms with E-state index in [1.54, 1.807) is 0 Å². The molecule has 0 N–H and O–H groups in total. The second kappa shape index (κ2) is 4.29. The standard InChI is InChI=1S/C10H16O2/c1-8-5-3-4-6-10(8)7-12-9(2)11/h3-4,8,10H,5-7H2,1-2H3/t8-,10-/m1/s1. The molecule has 1 aliphatic carbocycles. The van der Waals surface area contributed by atoms with E-state index in [-0.39, 0.29) is 5.97 Å². The summed E-state index contributed by atoms with van der Waals surface area (Å²) in [5.74, 6) is 1.00. The first-order chi connectivity index (χ1) is 5.70. The van der Waals surface area contributed by atoms with E-state index < -0.39 is 0 Å². The van der Waals surface area contributed by atoms with E-state index in [2.05, 4.69) is 19.1 Å². The van der Waals surface area contributed by atoms with Gasteiger partial charge in [0.2, 0.25) is 0 Å². The normalized spacial score (nSPS) is 28.5. The molecule has 0 fully saturated rings. The molecule has 0 radical (unpaired) electrons. The molecular formula is C10H16O2. The molecule has 1 aliphatic rings. The Balaban J connectivity index is 2.31. The highest BCUT2D eigenvalue weighted by atomic mass is 16.5. The van der Waals surface area contributed by atoms with Crippen LogP contribution in [0.15, 0.2) is 12.2 Å². The molecule has 0 bridgehead atoms. The minimum absolute atomic E-state index is 0.170. The van der Waals surface area contributed by atoms with Crippen molar-refractivity contribution in [3.63, 3.8) is 0 Å². The molecule has 2 nitrogen and oxygen atoms in total. The van der Waals surface area contributed by atoms with E-state index in [0.29, 0.717) is 18.4 Å². The highest BCUT2D eigenvalue weighted by Crippen LogP contribution is 2.24. The Morgan fingerprint density at radius 2 is 2.17 bits per heavy atom. The lowest BCUT2D eigenvalue weighted by Gasteiger charge is -2.24. The number of carbonyl (C=O) groups is 1. The molecule has 12 heavy (non-hydrogen) atoms. The highest BCUT2D eigenvalue weighted by Gasteiger charge is 2.18. The van der Waals surface area contributed by atoms with E-state index in [4.69, 9.17) is 4.74 Å². The molecule has 2 heteroatoms. The van der Waals surface area contributed by atoms with Gasteiger partial charge in [-0.25, -0.2) is 0 Å². The van der Waals surface area contributed by atoms with Crippen LogP contribution in [0.1, 0.15) is 26.7 Å². The smallest absolute Gasteiger partial charge is 0.302 e. The van der Waals surface area contributed by atoms with Crippen molar-refractivity contribution in [2.45, 2.75) is 26.7 Å². The zero-order chi connectivity index (χ0) is 8.97. The lowest BCUT2D eigenvalue weighted by molar-refractivity contribution is -0.142. The van der Waals surface area contributed by atoms with Gasteiger partial charge >= 0.3 is 5.97 Å². The van der Waals surface area contributed by atoms with Gasteiger partial charge in [-0.3, -0.25) is 4.79 Å². The second-order valence-electron chi connectivity index (χ2n) is 3.48. The maximum absolute atomic E-state index is 10.6. The first-order valence-corrected chi connectivity index (χ1v) is 4.48. The molecule has 0 unspecified atom stereocenters. The van der Waals surface area contributed by atoms with E-state index in [1.807, 2.05) is 0 Å². The predicted molar refractivity (Wildman–Crippen MR) is 47.7 cm³/mol. The Morgan fingerprint density at radius 3 is 2.75 bits per heavy atom. The molecule has 0 aromatic carbocycles. The van der Waals surface area contributed by atoms with Crippen molar-refractivity contribution in [3.05, 3.63) is 12.2 Å². The van der Waals surface area contributed by atoms with Crippen molar-refractivity contribution < 1.29 is 9.53 Å². The summed E-state index contributed by atoms with van der Waals surface area (Å²) in [5, 5.41) is 0. The molecule has 0 saturated carbocycles. The van der Waals surface area contributed by atoms with Gasteiger partial charge in [0.25, 0.3) is 0 Å². The third kappa shape index (κ3) is 2.68. The summed E-state index contributed by atoms with van der Waals surface area (Å²) in [4.78, 5) is 10.6. The number of carbonyl (C=O) groups excluding carboxylic acids is 1. The van der Waals surface area contributed by atoms with E-state index in [1.165, 1.54) is 6.92 Å². The van der Waals surface area contributed by atoms with Crippen LogP contribution in [-0.2, 0) is 9.53 Å². The third-order valence-corrected chi connectivity index (χ3v) is 2.42. The van der Waals surface area contributed by atoms with E-state index in [0.717, 1.165) is 12.8 Å². The van der Waals surface area contributed by atoms with Crippen molar-refractivity contribution in [3.8, 4) is 0 Å². The topological polar surface area (TPSA) is 26.3 Å². The lowest BCUT2D eigenvalue weighted by atomic mass is 9.85. The number of allylic oxidation sites excluding steroid dienone is 2. The summed E-state index contributed by atoms with van der Waals surface area (Å²) in [7, 11) is 0. The van der Waals surface area contributed by atoms with Crippen LogP contribution in [0, 0.1) is 11.8 Å². The summed E-state index contributed by atoms with van der Waals surface area (Å²) in [5.41, 5.74) is 0. The number of ether oxygens (including phenoxy) is 1. The van der Waals surface area contributed by atoms with Gasteiger partial charge in [-0.1, -0.05) is 19.1 Å². The SMILES string of the molecule is CC(=O)OC[C@H]1CC=CC[C@H]1C. The quantitative estimate of drug-likeness (QED) is 0.466. The Morgan fingerprint density at radius 1 is 1.50 bits per heavy atom. The molecule has 2 atom stereocenters. The zero-order valence-electron chi connectivity index (χ0n) is 7.75. The molecule has 0 aromatic heterocycles. The minimum Gasteiger partial charge on any atom is -0.466 e. The van der Waals surface area contributed by atoms with Crippen molar-refractivity contribution in [2.75, 3.05) is 6.61 Å². The highest BCUT2D eigenvalue weighted by molar-refractivity contribution is 5.65. The van der Waals surface area contributed by atoms with Gasteiger partial charge in [0.05, 0.1) is 6.61 Å². The largest absolute Gasteiger partial charge is 0.466 e. The van der Waals surface area contributed by atoms with Gasteiger partial charge in [-0.15, -0.1) is 0 Å². The number of hydrogen-bond acceptors (Lipinski definition) is 2. The average molecular weight is 168 g/mol. The van der Waals surface area contributed by atoms with Crippen molar-refractivity contribution in [2.24, 2.45) is 11.8 Å². The maximum atomic E-state index is 10.6. The number of esters is 1. The molecule has 0 heterocycles. The molecule has 68 valence electrons. The van der Waals surface area contributed by atoms with Crippen LogP contribution in [-0.4, -0.2) is 12.6 Å². The average Bonchev–Trinajstić information content (AvgIpc) is 2.03. The molecule has 0 spiro atoms. The monoisotopic (exact) mass is 168 g/mol. The summed E-state index contributed by atoms with van der Waals surface area (Å²) in [6.45, 7) is 4.25. The predicted octanol–water partition coefficient (Wildman–Crippen LogP) is 2.15. The molecule has 1 rings (SSSR count). The molecule has 0 aromatic rings. The Labute approximate surface area is 73.6 Å². The van der Waals surface area contributed by atoms with Crippen LogP contribution in [0.5, 0.6) is 0 Å². The van der Waals surface area contributed by atoms with Crippen LogP contribution in [0.3, 0.4) is 0 Å². The van der Waals surface area contributed by atoms with Gasteiger partial charge in [0.15, 0.2) is 0 Å². The number of rotatable bonds is 2. The molecule has 0 amide bonds. The van der Waals surface area contributed by atoms with Crippen molar-refractivity contribution in [1.82, 2.24) is 0 Å². The van der Waals surface area contributed by atoms with Gasteiger partial charge in [-0.2, -0.15) is 0 Å². The Kier molecular flexibility index (Phi) is 3.32. The van der Waals surface area contributed by atoms with Crippen LogP contribution >= 0.6 is 0 Å². The Hall–Kier alpha value is -0.790. The van der Waals surface area contributed by atoms with Crippen LogP contribution in [0.25, 0.3) is 0 Å². The fourth-order valence-electron chi connectivity index (χ4n) is 1.46. The minimum atomic E-state index is -0.170. The lowest BCUT2D eigenvalue weighted by Crippen LogP contribution is -2.20. The van der Waals surface area contributed by atoms with Crippen LogP contribution in [0.2, 0.25) is 0 Å². The summed E-state index contributed by atoms with van der Waals surface area (Å²) in [6, 6.07) is 0. The molecule has 0 saturated heterocycles. The summed E-state index contributed by atoms with van der Waals surface area (Å²) in [6.07, 6.45) is 6.55. The summed E-state index contributed by atoms with van der Waals surface area (Å²) < 4.78 is 4.98. The van der Waals surface area contributed by atoms with Crippen LogP contribution < -0.4 is 0 Å². The molecule has 0 aliphatic heterocycles. The third-order valence-electron chi connectivity index (χ3n) is 2.42. The fraction of sp³-hybridized carbons (Fsp3) is 0.700. The van der Waals surface area contributed by atoms with Gasteiger partial charge < -0.3 is 4.74 Å². The van der Waals surface area contributed by atoms with E-state index >= 15 is 0 Å². The van der Waals surface area contributed by atoms with E-state index in [9.17, 15) is 4.79 Å². The molecular weight excluding hydrogens is 152 g/mol. The van der Waals surface area contributed by atoms with Crippen LogP contribution in [0.4, 0.5) is 0 Å². The van der Waals surface area contributed by atoms with Gasteiger partial charge in [0.1, 0.15) is 0 Å². The first-order valence-electron chi connectivity index (χ1n) is 4.48. The van der Waals surface area contributed by atoms with Crippen molar-refractivity contribution in [1.29, 1.82) is 0 Å². The number of hydrogen-bond donors (Lipinski definition) is 0. The maximum Gasteiger partial charge on any atom is 0.302 e. The zero-order valence-corrected chi connectivity index (χ0v) is 7.75. The van der Waals surface area contributed by atoms with Gasteiger partial charge in [-0.05, 0) is 24.7 Å². The Bertz CT molecular complexity index is 184. The van der Waals surface area contributed by atoms with Gasteiger partial charge in [0, 0.05) is 6.92 Å². The second-order valence-corrected chi connectivity index (χ2v) is 3.48. The summed E-state index contributed by atoms with van der Waals surface area (Å²) >= 11 is 0. The first kappa shape index (κ1) is 9.30. The fourth-order valence-corrected chi connectivity index (χ4v) is 1.46. The van der Waals surface area contributed by atoms with Crippen molar-refractivity contribution >= 4 is 5.97 Å².